The molecule has 3 aromatic rings. The SMILES string of the molecule is CN(C)c1cccc(C(=O)NC(c2ccccc2)c2ccccn2)c1. The molecule has 1 N–H and O–H groups in total. The maximum absolute atomic E-state index is 12.8. The quantitative estimate of drug-likeness (QED) is 0.776. The van der Waals surface area contributed by atoms with E-state index in [4.69, 9.17) is 0 Å². The molecule has 0 fully saturated rings. The predicted molar refractivity (Wildman–Crippen MR) is 101 cm³/mol. The third-order valence-corrected chi connectivity index (χ3v) is 4.02. The Morgan fingerprint density at radius 1 is 0.960 bits per heavy atom. The summed E-state index contributed by atoms with van der Waals surface area (Å²) in [7, 11) is 3.91. The lowest BCUT2D eigenvalue weighted by molar-refractivity contribution is 0.0942. The molecule has 1 amide bonds. The lowest BCUT2D eigenvalue weighted by Crippen LogP contribution is -2.30. The lowest BCUT2D eigenvalue weighted by Gasteiger charge is -2.19. The van der Waals surface area contributed by atoms with Crippen molar-refractivity contribution in [3.63, 3.8) is 0 Å². The Bertz CT molecular complexity index is 793. The van der Waals surface area contributed by atoms with E-state index in [1.54, 1.807) is 6.20 Å². The Morgan fingerprint density at radius 2 is 1.72 bits per heavy atom. The number of nitrogens with one attached hydrogen (secondary N) is 1. The number of hydrogen-bond acceptors (Lipinski definition) is 3. The van der Waals surface area contributed by atoms with E-state index in [1.165, 1.54) is 0 Å². The van der Waals surface area contributed by atoms with Gasteiger partial charge in [-0.3, -0.25) is 9.78 Å². The van der Waals surface area contributed by atoms with Crippen LogP contribution in [0.15, 0.2) is 79.0 Å². The second-order valence-corrected chi connectivity index (χ2v) is 6.02. The van der Waals surface area contributed by atoms with Crippen LogP contribution in [0.25, 0.3) is 0 Å². The minimum Gasteiger partial charge on any atom is -0.378 e. The highest BCUT2D eigenvalue weighted by molar-refractivity contribution is 5.95. The van der Waals surface area contributed by atoms with Crippen molar-refractivity contribution in [1.82, 2.24) is 10.3 Å². The van der Waals surface area contributed by atoms with Crippen molar-refractivity contribution in [2.75, 3.05) is 19.0 Å². The molecule has 3 rings (SSSR count). The average Bonchev–Trinajstić information content (AvgIpc) is 2.67. The van der Waals surface area contributed by atoms with Gasteiger partial charge in [-0.2, -0.15) is 0 Å². The van der Waals surface area contributed by atoms with Crippen LogP contribution in [0, 0.1) is 0 Å². The third kappa shape index (κ3) is 4.04. The van der Waals surface area contributed by atoms with E-state index in [2.05, 4.69) is 10.3 Å². The Labute approximate surface area is 148 Å². The number of benzene rings is 2. The number of nitrogens with zero attached hydrogens (tertiary/aromatic N) is 2. The van der Waals surface area contributed by atoms with E-state index in [1.807, 2.05) is 91.8 Å². The van der Waals surface area contributed by atoms with Crippen LogP contribution in [0.2, 0.25) is 0 Å². The Balaban J connectivity index is 1.90. The number of anilines is 1. The minimum absolute atomic E-state index is 0.122. The van der Waals surface area contributed by atoms with Gasteiger partial charge < -0.3 is 10.2 Å². The summed E-state index contributed by atoms with van der Waals surface area (Å²) < 4.78 is 0. The van der Waals surface area contributed by atoms with E-state index in [0.717, 1.165) is 16.9 Å². The molecule has 25 heavy (non-hydrogen) atoms. The largest absolute Gasteiger partial charge is 0.378 e. The third-order valence-electron chi connectivity index (χ3n) is 4.02. The van der Waals surface area contributed by atoms with Crippen molar-refractivity contribution < 1.29 is 4.79 Å². The minimum atomic E-state index is -0.294. The average molecular weight is 331 g/mol. The van der Waals surface area contributed by atoms with Gasteiger partial charge in [-0.05, 0) is 35.9 Å². The normalized spacial score (nSPS) is 11.6. The first-order valence-corrected chi connectivity index (χ1v) is 8.19. The van der Waals surface area contributed by atoms with Gasteiger partial charge in [0.05, 0.1) is 11.7 Å². The first kappa shape index (κ1) is 16.7. The Morgan fingerprint density at radius 3 is 2.40 bits per heavy atom. The summed E-state index contributed by atoms with van der Waals surface area (Å²) in [6, 6.07) is 22.9. The topological polar surface area (TPSA) is 45.2 Å². The van der Waals surface area contributed by atoms with Crippen LogP contribution < -0.4 is 10.2 Å². The zero-order valence-electron chi connectivity index (χ0n) is 14.4. The molecule has 4 heteroatoms. The van der Waals surface area contributed by atoms with Gasteiger partial charge in [-0.15, -0.1) is 0 Å². The van der Waals surface area contributed by atoms with E-state index in [-0.39, 0.29) is 11.9 Å². The van der Waals surface area contributed by atoms with Crippen molar-refractivity contribution in [3.05, 3.63) is 95.8 Å². The zero-order valence-corrected chi connectivity index (χ0v) is 14.4. The van der Waals surface area contributed by atoms with Crippen molar-refractivity contribution in [3.8, 4) is 0 Å². The van der Waals surface area contributed by atoms with Crippen LogP contribution in [0.3, 0.4) is 0 Å². The number of amides is 1. The molecule has 1 aromatic heterocycles. The van der Waals surface area contributed by atoms with Crippen molar-refractivity contribution >= 4 is 11.6 Å². The summed E-state index contributed by atoms with van der Waals surface area (Å²) in [6.07, 6.45) is 1.74. The van der Waals surface area contributed by atoms with Crippen LogP contribution in [0.1, 0.15) is 27.7 Å². The highest BCUT2D eigenvalue weighted by Crippen LogP contribution is 2.21. The fourth-order valence-electron chi connectivity index (χ4n) is 2.66. The fraction of sp³-hybridized carbons (Fsp3) is 0.143. The van der Waals surface area contributed by atoms with E-state index < -0.39 is 0 Å². The number of pyridine rings is 1. The summed E-state index contributed by atoms with van der Waals surface area (Å²) in [6.45, 7) is 0. The Hall–Kier alpha value is -3.14. The van der Waals surface area contributed by atoms with Gasteiger partial charge in [0, 0.05) is 31.5 Å². The van der Waals surface area contributed by atoms with Crippen LogP contribution in [-0.2, 0) is 0 Å². The molecular formula is C21H21N3O. The molecule has 1 heterocycles. The monoisotopic (exact) mass is 331 g/mol. The molecule has 0 aliphatic heterocycles. The predicted octanol–water partition coefficient (Wildman–Crippen LogP) is 3.67. The van der Waals surface area contributed by atoms with Crippen molar-refractivity contribution in [1.29, 1.82) is 0 Å². The van der Waals surface area contributed by atoms with Crippen LogP contribution in [-0.4, -0.2) is 25.0 Å². The van der Waals surface area contributed by atoms with Crippen molar-refractivity contribution in [2.24, 2.45) is 0 Å². The molecule has 0 saturated heterocycles. The number of aromatic nitrogens is 1. The smallest absolute Gasteiger partial charge is 0.252 e. The van der Waals surface area contributed by atoms with Crippen LogP contribution in [0.5, 0.6) is 0 Å². The molecular weight excluding hydrogens is 310 g/mol. The number of hydrogen-bond donors (Lipinski definition) is 1. The molecule has 0 radical (unpaired) electrons. The summed E-state index contributed by atoms with van der Waals surface area (Å²) in [5, 5.41) is 3.11. The standard InChI is InChI=1S/C21H21N3O/c1-24(2)18-12-8-11-17(15-18)21(25)23-20(16-9-4-3-5-10-16)19-13-6-7-14-22-19/h3-15,20H,1-2H3,(H,23,25). The van der Waals surface area contributed by atoms with Gasteiger partial charge in [0.2, 0.25) is 0 Å². The molecule has 4 nitrogen and oxygen atoms in total. The summed E-state index contributed by atoms with van der Waals surface area (Å²) >= 11 is 0. The highest BCUT2D eigenvalue weighted by atomic mass is 16.1. The zero-order chi connectivity index (χ0) is 17.6. The van der Waals surface area contributed by atoms with E-state index in [0.29, 0.717) is 5.56 Å². The molecule has 0 spiro atoms. The number of carbonyl (C=O) groups is 1. The van der Waals surface area contributed by atoms with Crippen molar-refractivity contribution in [2.45, 2.75) is 6.04 Å². The molecule has 2 aromatic carbocycles. The van der Waals surface area contributed by atoms with Gasteiger partial charge in [0.1, 0.15) is 0 Å². The molecule has 126 valence electrons. The molecule has 0 aliphatic rings. The second-order valence-electron chi connectivity index (χ2n) is 6.02. The first-order valence-electron chi connectivity index (χ1n) is 8.19. The molecule has 0 saturated carbocycles. The van der Waals surface area contributed by atoms with Gasteiger partial charge >= 0.3 is 0 Å². The van der Waals surface area contributed by atoms with Gasteiger partial charge in [0.15, 0.2) is 0 Å². The fourth-order valence-corrected chi connectivity index (χ4v) is 2.66. The van der Waals surface area contributed by atoms with E-state index in [9.17, 15) is 4.79 Å². The maximum Gasteiger partial charge on any atom is 0.252 e. The summed E-state index contributed by atoms with van der Waals surface area (Å²) in [4.78, 5) is 19.2. The molecule has 0 bridgehead atoms. The highest BCUT2D eigenvalue weighted by Gasteiger charge is 2.19. The number of rotatable bonds is 5. The lowest BCUT2D eigenvalue weighted by atomic mass is 10.0. The summed E-state index contributed by atoms with van der Waals surface area (Å²) in [5.74, 6) is -0.122. The van der Waals surface area contributed by atoms with E-state index >= 15 is 0 Å². The summed E-state index contributed by atoms with van der Waals surface area (Å²) in [5.41, 5.74) is 3.42. The first-order chi connectivity index (χ1) is 12.1. The Kier molecular flexibility index (Phi) is 5.09. The number of carbonyl (C=O) groups excluding carboxylic acids is 1. The molecule has 1 unspecified atom stereocenters. The van der Waals surface area contributed by atoms with Crippen LogP contribution >= 0.6 is 0 Å². The van der Waals surface area contributed by atoms with Gasteiger partial charge in [-0.1, -0.05) is 42.5 Å². The van der Waals surface area contributed by atoms with Crippen LogP contribution in [0.4, 0.5) is 5.69 Å². The van der Waals surface area contributed by atoms with Gasteiger partial charge in [0.25, 0.3) is 5.91 Å². The molecule has 0 aliphatic carbocycles. The maximum atomic E-state index is 12.8. The van der Waals surface area contributed by atoms with Gasteiger partial charge in [-0.25, -0.2) is 0 Å². The second kappa shape index (κ2) is 7.62. The molecule has 1 atom stereocenters.